The smallest absolute Gasteiger partial charge is 0.170 e. The molecule has 1 aliphatic heterocycles. The van der Waals surface area contributed by atoms with Crippen molar-refractivity contribution in [1.29, 1.82) is 0 Å². The summed E-state index contributed by atoms with van der Waals surface area (Å²) in [5.41, 5.74) is 0. The van der Waals surface area contributed by atoms with E-state index >= 15 is 0 Å². The summed E-state index contributed by atoms with van der Waals surface area (Å²) in [4.78, 5) is 0. The Bertz CT molecular complexity index is 276. The van der Waals surface area contributed by atoms with E-state index in [9.17, 15) is 0 Å². The van der Waals surface area contributed by atoms with E-state index in [1.165, 1.54) is 57.8 Å². The molecular weight excluding hydrogens is 288 g/mol. The van der Waals surface area contributed by atoms with Crippen LogP contribution < -0.4 is 0 Å². The van der Waals surface area contributed by atoms with E-state index in [1.807, 2.05) is 0 Å². The minimum Gasteiger partial charge on any atom is -0.373 e. The first-order valence-corrected chi connectivity index (χ1v) is 9.83. The van der Waals surface area contributed by atoms with Gasteiger partial charge in [0.25, 0.3) is 0 Å². The molecule has 0 radical (unpaired) electrons. The van der Waals surface area contributed by atoms with Crippen LogP contribution in [0.3, 0.4) is 0 Å². The van der Waals surface area contributed by atoms with Crippen LogP contribution in [0.1, 0.15) is 85.0 Å². The fourth-order valence-electron chi connectivity index (χ4n) is 3.92. The lowest BCUT2D eigenvalue weighted by Gasteiger charge is -2.39. The van der Waals surface area contributed by atoms with Crippen molar-refractivity contribution in [2.45, 2.75) is 96.9 Å². The first-order chi connectivity index (χ1) is 11.1. The molecule has 3 heteroatoms. The first-order valence-electron chi connectivity index (χ1n) is 9.83. The lowest BCUT2D eigenvalue weighted by Crippen LogP contribution is -2.42. The summed E-state index contributed by atoms with van der Waals surface area (Å²) in [5.74, 6) is 0.730. The van der Waals surface area contributed by atoms with Crippen molar-refractivity contribution in [3.05, 3.63) is 0 Å². The summed E-state index contributed by atoms with van der Waals surface area (Å²) in [7, 11) is 3.60. The van der Waals surface area contributed by atoms with Crippen LogP contribution >= 0.6 is 0 Å². The van der Waals surface area contributed by atoms with Crippen molar-refractivity contribution >= 4 is 0 Å². The Morgan fingerprint density at radius 2 is 1.65 bits per heavy atom. The van der Waals surface area contributed by atoms with Crippen LogP contribution in [0.4, 0.5) is 0 Å². The average molecular weight is 329 g/mol. The molecular formula is C20H40O3. The molecule has 0 aromatic carbocycles. The Morgan fingerprint density at radius 3 is 2.17 bits per heavy atom. The Labute approximate surface area is 144 Å². The lowest BCUT2D eigenvalue weighted by molar-refractivity contribution is -0.246. The van der Waals surface area contributed by atoms with E-state index in [1.54, 1.807) is 14.2 Å². The van der Waals surface area contributed by atoms with Gasteiger partial charge in [0.2, 0.25) is 0 Å². The summed E-state index contributed by atoms with van der Waals surface area (Å²) in [6, 6.07) is 0. The highest BCUT2D eigenvalue weighted by molar-refractivity contribution is 4.82. The largest absolute Gasteiger partial charge is 0.373 e. The molecule has 1 aliphatic rings. The van der Waals surface area contributed by atoms with Crippen LogP contribution in [0.15, 0.2) is 0 Å². The molecule has 0 spiro atoms. The highest BCUT2D eigenvalue weighted by Crippen LogP contribution is 2.37. The Kier molecular flexibility index (Phi) is 10.4. The number of rotatable bonds is 15. The van der Waals surface area contributed by atoms with Crippen LogP contribution in [-0.2, 0) is 14.2 Å². The van der Waals surface area contributed by atoms with Gasteiger partial charge >= 0.3 is 0 Å². The average Bonchev–Trinajstić information content (AvgIpc) is 3.36. The molecule has 0 saturated carbocycles. The zero-order valence-electron chi connectivity index (χ0n) is 16.2. The van der Waals surface area contributed by atoms with Gasteiger partial charge in [0, 0.05) is 20.1 Å². The summed E-state index contributed by atoms with van der Waals surface area (Å²) >= 11 is 0. The number of hydrogen-bond acceptors (Lipinski definition) is 3. The zero-order chi connectivity index (χ0) is 17.1. The molecule has 3 nitrogen and oxygen atoms in total. The molecule has 0 bridgehead atoms. The molecule has 23 heavy (non-hydrogen) atoms. The number of ether oxygens (including phenoxy) is 3. The van der Waals surface area contributed by atoms with Crippen LogP contribution in [-0.4, -0.2) is 32.7 Å². The maximum Gasteiger partial charge on any atom is 0.170 e. The third kappa shape index (κ3) is 7.53. The summed E-state index contributed by atoms with van der Waals surface area (Å²) < 4.78 is 17.1. The Balaban J connectivity index is 2.48. The highest BCUT2D eigenvalue weighted by atomic mass is 16.7. The molecule has 3 atom stereocenters. The molecule has 0 N–H and O–H groups in total. The van der Waals surface area contributed by atoms with Gasteiger partial charge in [0.1, 0.15) is 0 Å². The van der Waals surface area contributed by atoms with Crippen LogP contribution in [0.5, 0.6) is 0 Å². The highest BCUT2D eigenvalue weighted by Gasteiger charge is 2.38. The molecule has 1 fully saturated rings. The minimum absolute atomic E-state index is 0.415. The SMILES string of the molecule is CCCCCCCCC(CC(C)CC1CO1)C(CC)(OC)OC. The minimum atomic E-state index is -0.415. The van der Waals surface area contributed by atoms with Gasteiger partial charge in [-0.3, -0.25) is 0 Å². The van der Waals surface area contributed by atoms with Gasteiger partial charge in [-0.15, -0.1) is 0 Å². The predicted molar refractivity (Wildman–Crippen MR) is 96.7 cm³/mol. The van der Waals surface area contributed by atoms with Crippen LogP contribution in [0, 0.1) is 11.8 Å². The standard InChI is InChI=1S/C20H40O3/c1-6-8-9-10-11-12-13-18(20(7-2,21-4)22-5)14-17(3)15-19-16-23-19/h17-19H,6-16H2,1-5H3. The lowest BCUT2D eigenvalue weighted by atomic mass is 9.82. The molecule has 0 amide bonds. The Morgan fingerprint density at radius 1 is 1.04 bits per heavy atom. The van der Waals surface area contributed by atoms with Crippen molar-refractivity contribution in [2.24, 2.45) is 11.8 Å². The molecule has 1 heterocycles. The van der Waals surface area contributed by atoms with Gasteiger partial charge in [-0.25, -0.2) is 0 Å². The number of unbranched alkanes of at least 4 members (excludes halogenated alkanes) is 5. The van der Waals surface area contributed by atoms with Crippen LogP contribution in [0.25, 0.3) is 0 Å². The van der Waals surface area contributed by atoms with Gasteiger partial charge in [-0.1, -0.05) is 59.3 Å². The first kappa shape index (κ1) is 20.9. The van der Waals surface area contributed by atoms with Gasteiger partial charge in [0.05, 0.1) is 12.7 Å². The van der Waals surface area contributed by atoms with Crippen molar-refractivity contribution < 1.29 is 14.2 Å². The molecule has 3 unspecified atom stereocenters. The topological polar surface area (TPSA) is 31.0 Å². The van der Waals surface area contributed by atoms with E-state index < -0.39 is 5.79 Å². The van der Waals surface area contributed by atoms with E-state index in [-0.39, 0.29) is 0 Å². The monoisotopic (exact) mass is 328 g/mol. The molecule has 138 valence electrons. The number of hydrogen-bond donors (Lipinski definition) is 0. The number of epoxide rings is 1. The molecule has 1 rings (SSSR count). The van der Waals surface area contributed by atoms with E-state index in [4.69, 9.17) is 14.2 Å². The summed E-state index contributed by atoms with van der Waals surface area (Å²) in [6.45, 7) is 7.76. The molecule has 0 aromatic rings. The third-order valence-corrected chi connectivity index (χ3v) is 5.47. The fraction of sp³-hybridized carbons (Fsp3) is 1.00. The normalized spacial score (nSPS) is 20.5. The fourth-order valence-corrected chi connectivity index (χ4v) is 3.92. The summed E-state index contributed by atoms with van der Waals surface area (Å²) in [6.07, 6.45) is 13.0. The van der Waals surface area contributed by atoms with Crippen molar-refractivity contribution in [3.8, 4) is 0 Å². The maximum absolute atomic E-state index is 5.86. The second-order valence-electron chi connectivity index (χ2n) is 7.36. The summed E-state index contributed by atoms with van der Waals surface area (Å²) in [5, 5.41) is 0. The molecule has 1 saturated heterocycles. The van der Waals surface area contributed by atoms with Crippen molar-refractivity contribution in [2.75, 3.05) is 20.8 Å². The zero-order valence-corrected chi connectivity index (χ0v) is 16.2. The van der Waals surface area contributed by atoms with E-state index in [0.717, 1.165) is 13.0 Å². The van der Waals surface area contributed by atoms with Gasteiger partial charge in [-0.2, -0.15) is 0 Å². The Hall–Kier alpha value is -0.120. The van der Waals surface area contributed by atoms with Gasteiger partial charge in [-0.05, 0) is 31.6 Å². The van der Waals surface area contributed by atoms with Crippen molar-refractivity contribution in [1.82, 2.24) is 0 Å². The molecule has 0 aliphatic carbocycles. The maximum atomic E-state index is 5.86. The van der Waals surface area contributed by atoms with Crippen molar-refractivity contribution in [3.63, 3.8) is 0 Å². The third-order valence-electron chi connectivity index (χ3n) is 5.47. The van der Waals surface area contributed by atoms with E-state index in [0.29, 0.717) is 17.9 Å². The second-order valence-corrected chi connectivity index (χ2v) is 7.36. The van der Waals surface area contributed by atoms with Gasteiger partial charge in [0.15, 0.2) is 5.79 Å². The number of methoxy groups -OCH3 is 2. The van der Waals surface area contributed by atoms with E-state index in [2.05, 4.69) is 20.8 Å². The second kappa shape index (κ2) is 11.4. The predicted octanol–water partition coefficient (Wildman–Crippen LogP) is 5.57. The van der Waals surface area contributed by atoms with Gasteiger partial charge < -0.3 is 14.2 Å². The molecule has 0 aromatic heterocycles. The quantitative estimate of drug-likeness (QED) is 0.224. The van der Waals surface area contributed by atoms with Crippen LogP contribution in [0.2, 0.25) is 0 Å².